The lowest BCUT2D eigenvalue weighted by Gasteiger charge is -2.09. The van der Waals surface area contributed by atoms with Crippen molar-refractivity contribution in [3.05, 3.63) is 23.1 Å². The maximum Gasteiger partial charge on any atom is 0.293 e. The predicted molar refractivity (Wildman–Crippen MR) is 49.4 cm³/mol. The van der Waals surface area contributed by atoms with Gasteiger partial charge in [0.25, 0.3) is 10.1 Å². The standard InChI is InChI=1S/C9H12O3S/c1-2-12-13(10,11)9-6-7-3-4-8(9)5-7/h3-4,6-8H,2,5H2,1H3. The van der Waals surface area contributed by atoms with Crippen LogP contribution in [0, 0.1) is 11.8 Å². The fourth-order valence-corrected chi connectivity index (χ4v) is 3.22. The van der Waals surface area contributed by atoms with Gasteiger partial charge in [-0.2, -0.15) is 8.42 Å². The Labute approximate surface area is 78.2 Å². The molecular formula is C9H12O3S. The van der Waals surface area contributed by atoms with Crippen molar-refractivity contribution in [1.29, 1.82) is 0 Å². The summed E-state index contributed by atoms with van der Waals surface area (Å²) in [6.07, 6.45) is 6.71. The number of rotatable bonds is 3. The molecule has 0 aromatic carbocycles. The normalized spacial score (nSPS) is 31.0. The molecule has 4 heteroatoms. The molecule has 0 aliphatic heterocycles. The van der Waals surface area contributed by atoms with Crippen LogP contribution in [0.2, 0.25) is 0 Å². The van der Waals surface area contributed by atoms with E-state index in [4.69, 9.17) is 4.18 Å². The van der Waals surface area contributed by atoms with Gasteiger partial charge in [0.05, 0.1) is 11.5 Å². The molecule has 0 radical (unpaired) electrons. The Balaban J connectivity index is 2.24. The molecule has 2 rings (SSSR count). The molecule has 0 aromatic rings. The van der Waals surface area contributed by atoms with E-state index >= 15 is 0 Å². The fourth-order valence-electron chi connectivity index (χ4n) is 1.89. The zero-order valence-corrected chi connectivity index (χ0v) is 8.25. The van der Waals surface area contributed by atoms with Gasteiger partial charge in [-0.05, 0) is 19.3 Å². The highest BCUT2D eigenvalue weighted by Gasteiger charge is 2.35. The predicted octanol–water partition coefficient (Wildman–Crippen LogP) is 1.44. The van der Waals surface area contributed by atoms with Gasteiger partial charge >= 0.3 is 0 Å². The van der Waals surface area contributed by atoms with Crippen LogP contribution in [0.1, 0.15) is 13.3 Å². The van der Waals surface area contributed by atoms with Crippen LogP contribution in [0.25, 0.3) is 0 Å². The molecule has 2 aliphatic carbocycles. The second-order valence-electron chi connectivity index (χ2n) is 3.32. The zero-order valence-electron chi connectivity index (χ0n) is 7.43. The molecule has 0 aromatic heterocycles. The summed E-state index contributed by atoms with van der Waals surface area (Å²) in [4.78, 5) is 0.460. The lowest BCUT2D eigenvalue weighted by atomic mass is 10.2. The molecule has 2 unspecified atom stereocenters. The topological polar surface area (TPSA) is 43.4 Å². The van der Waals surface area contributed by atoms with Gasteiger partial charge in [0.2, 0.25) is 0 Å². The fraction of sp³-hybridized carbons (Fsp3) is 0.556. The van der Waals surface area contributed by atoms with Crippen molar-refractivity contribution in [2.75, 3.05) is 6.61 Å². The number of hydrogen-bond donors (Lipinski definition) is 0. The Bertz CT molecular complexity index is 364. The van der Waals surface area contributed by atoms with Gasteiger partial charge < -0.3 is 0 Å². The van der Waals surface area contributed by atoms with Gasteiger partial charge in [-0.1, -0.05) is 18.2 Å². The van der Waals surface area contributed by atoms with E-state index in [0.717, 1.165) is 6.42 Å². The number of hydrogen-bond acceptors (Lipinski definition) is 3. The van der Waals surface area contributed by atoms with Crippen LogP contribution in [0.15, 0.2) is 23.1 Å². The Morgan fingerprint density at radius 2 is 2.31 bits per heavy atom. The Kier molecular flexibility index (Phi) is 2.04. The molecule has 0 fully saturated rings. The Hall–Kier alpha value is -0.610. The number of fused-ring (bicyclic) bond motifs is 2. The van der Waals surface area contributed by atoms with E-state index in [2.05, 4.69) is 6.08 Å². The molecule has 0 saturated heterocycles. The minimum absolute atomic E-state index is 0.0709. The molecule has 13 heavy (non-hydrogen) atoms. The van der Waals surface area contributed by atoms with Crippen molar-refractivity contribution in [3.8, 4) is 0 Å². The molecular weight excluding hydrogens is 188 g/mol. The van der Waals surface area contributed by atoms with Crippen LogP contribution in [0.5, 0.6) is 0 Å². The number of allylic oxidation sites excluding steroid dienone is 4. The summed E-state index contributed by atoms with van der Waals surface area (Å²) in [6, 6.07) is 0. The zero-order chi connectivity index (χ0) is 9.47. The van der Waals surface area contributed by atoms with E-state index in [1.54, 1.807) is 13.0 Å². The molecule has 3 nitrogen and oxygen atoms in total. The van der Waals surface area contributed by atoms with Crippen LogP contribution in [0.3, 0.4) is 0 Å². The van der Waals surface area contributed by atoms with Gasteiger partial charge in [-0.25, -0.2) is 0 Å². The van der Waals surface area contributed by atoms with Gasteiger partial charge in [0.15, 0.2) is 0 Å². The molecule has 0 N–H and O–H groups in total. The first-order valence-electron chi connectivity index (χ1n) is 4.43. The van der Waals surface area contributed by atoms with Crippen LogP contribution in [-0.4, -0.2) is 15.0 Å². The van der Waals surface area contributed by atoms with Gasteiger partial charge in [0, 0.05) is 5.92 Å². The maximum absolute atomic E-state index is 11.5. The van der Waals surface area contributed by atoms with Crippen molar-refractivity contribution < 1.29 is 12.6 Å². The third-order valence-electron chi connectivity index (χ3n) is 2.42. The monoisotopic (exact) mass is 200 g/mol. The first-order valence-corrected chi connectivity index (χ1v) is 5.84. The van der Waals surface area contributed by atoms with Gasteiger partial charge in [0.1, 0.15) is 0 Å². The second kappa shape index (κ2) is 2.96. The summed E-state index contributed by atoms with van der Waals surface area (Å²) in [6.45, 7) is 1.89. The van der Waals surface area contributed by atoms with Crippen molar-refractivity contribution >= 4 is 10.1 Å². The SMILES string of the molecule is CCOS(=O)(=O)C1=CC2C=CC1C2. The van der Waals surface area contributed by atoms with Crippen LogP contribution < -0.4 is 0 Å². The van der Waals surface area contributed by atoms with E-state index in [-0.39, 0.29) is 12.5 Å². The minimum Gasteiger partial charge on any atom is -0.267 e. The van der Waals surface area contributed by atoms with Gasteiger partial charge in [-0.3, -0.25) is 4.18 Å². The third kappa shape index (κ3) is 1.44. The van der Waals surface area contributed by atoms with Gasteiger partial charge in [-0.15, -0.1) is 0 Å². The molecule has 0 amide bonds. The van der Waals surface area contributed by atoms with Crippen molar-refractivity contribution in [3.63, 3.8) is 0 Å². The highest BCUT2D eigenvalue weighted by molar-refractivity contribution is 7.90. The van der Waals surface area contributed by atoms with E-state index in [9.17, 15) is 8.42 Å². The lowest BCUT2D eigenvalue weighted by Crippen LogP contribution is -2.12. The van der Waals surface area contributed by atoms with Crippen molar-refractivity contribution in [2.45, 2.75) is 13.3 Å². The van der Waals surface area contributed by atoms with E-state index in [1.165, 1.54) is 0 Å². The summed E-state index contributed by atoms with van der Waals surface area (Å²) in [5.41, 5.74) is 0. The third-order valence-corrected chi connectivity index (χ3v) is 3.98. The summed E-state index contributed by atoms with van der Waals surface area (Å²) < 4.78 is 27.7. The molecule has 0 saturated carbocycles. The quantitative estimate of drug-likeness (QED) is 0.511. The van der Waals surface area contributed by atoms with Crippen molar-refractivity contribution in [1.82, 2.24) is 0 Å². The van der Waals surface area contributed by atoms with E-state index < -0.39 is 10.1 Å². The Morgan fingerprint density at radius 3 is 2.77 bits per heavy atom. The molecule has 2 aliphatic rings. The highest BCUT2D eigenvalue weighted by atomic mass is 32.2. The minimum atomic E-state index is -3.43. The van der Waals surface area contributed by atoms with Crippen LogP contribution >= 0.6 is 0 Å². The summed E-state index contributed by atoms with van der Waals surface area (Å²) in [5, 5.41) is 0. The first kappa shape index (κ1) is 8.97. The lowest BCUT2D eigenvalue weighted by molar-refractivity contribution is 0.341. The van der Waals surface area contributed by atoms with Crippen LogP contribution in [-0.2, 0) is 14.3 Å². The first-order chi connectivity index (χ1) is 6.13. The molecule has 2 bridgehead atoms. The van der Waals surface area contributed by atoms with E-state index in [1.807, 2.05) is 6.08 Å². The maximum atomic E-state index is 11.5. The average molecular weight is 200 g/mol. The Morgan fingerprint density at radius 1 is 1.54 bits per heavy atom. The smallest absolute Gasteiger partial charge is 0.267 e. The average Bonchev–Trinajstić information content (AvgIpc) is 2.63. The summed E-state index contributed by atoms with van der Waals surface area (Å²) >= 11 is 0. The van der Waals surface area contributed by atoms with Crippen molar-refractivity contribution in [2.24, 2.45) is 11.8 Å². The molecule has 0 heterocycles. The molecule has 0 spiro atoms. The van der Waals surface area contributed by atoms with E-state index in [0.29, 0.717) is 10.8 Å². The highest BCUT2D eigenvalue weighted by Crippen LogP contribution is 2.40. The second-order valence-corrected chi connectivity index (χ2v) is 4.94. The van der Waals surface area contributed by atoms with Crippen LogP contribution in [0.4, 0.5) is 0 Å². The molecule has 72 valence electrons. The summed E-state index contributed by atoms with van der Waals surface area (Å²) in [7, 11) is -3.43. The largest absolute Gasteiger partial charge is 0.293 e. The summed E-state index contributed by atoms with van der Waals surface area (Å²) in [5.74, 6) is 0.386. The molecule has 2 atom stereocenters.